The van der Waals surface area contributed by atoms with Gasteiger partial charge >= 0.3 is 0 Å². The van der Waals surface area contributed by atoms with Crippen LogP contribution in [0.25, 0.3) is 10.4 Å². The monoisotopic (exact) mass is 207 g/mol. The van der Waals surface area contributed by atoms with Crippen molar-refractivity contribution in [1.82, 2.24) is 0 Å². The molecule has 0 N–H and O–H groups in total. The third kappa shape index (κ3) is 3.07. The molecule has 0 amide bonds. The van der Waals surface area contributed by atoms with Gasteiger partial charge in [0.05, 0.1) is 18.9 Å². The van der Waals surface area contributed by atoms with E-state index in [2.05, 4.69) is 10.0 Å². The molecule has 0 spiro atoms. The van der Waals surface area contributed by atoms with Crippen LogP contribution in [0.3, 0.4) is 0 Å². The third-order valence-electron chi connectivity index (χ3n) is 1.69. The van der Waals surface area contributed by atoms with Crippen molar-refractivity contribution >= 4 is 5.69 Å². The van der Waals surface area contributed by atoms with Crippen LogP contribution in [0.2, 0.25) is 0 Å². The molecule has 0 aliphatic rings. The maximum atomic E-state index is 8.40. The Labute approximate surface area is 88.3 Å². The van der Waals surface area contributed by atoms with E-state index in [1.807, 2.05) is 13.8 Å². The molecule has 0 aliphatic carbocycles. The van der Waals surface area contributed by atoms with Crippen LogP contribution in [0, 0.1) is 0 Å². The van der Waals surface area contributed by atoms with Crippen molar-refractivity contribution in [2.75, 3.05) is 13.2 Å². The molecule has 0 aliphatic heterocycles. The van der Waals surface area contributed by atoms with Gasteiger partial charge in [-0.3, -0.25) is 0 Å². The number of hydrogen-bond donors (Lipinski definition) is 0. The van der Waals surface area contributed by atoms with Crippen molar-refractivity contribution in [3.63, 3.8) is 0 Å². The summed E-state index contributed by atoms with van der Waals surface area (Å²) in [5.74, 6) is 1.24. The number of rotatable bonds is 5. The summed E-state index contributed by atoms with van der Waals surface area (Å²) in [6, 6.07) is 5.18. The fraction of sp³-hybridized carbons (Fsp3) is 0.400. The van der Waals surface area contributed by atoms with E-state index in [4.69, 9.17) is 15.0 Å². The van der Waals surface area contributed by atoms with Crippen molar-refractivity contribution in [3.8, 4) is 11.5 Å². The van der Waals surface area contributed by atoms with Gasteiger partial charge in [0.25, 0.3) is 0 Å². The van der Waals surface area contributed by atoms with Crippen LogP contribution in [0.15, 0.2) is 23.3 Å². The molecule has 15 heavy (non-hydrogen) atoms. The minimum atomic E-state index is 0.449. The van der Waals surface area contributed by atoms with Gasteiger partial charge in [0, 0.05) is 4.91 Å². The van der Waals surface area contributed by atoms with E-state index in [0.29, 0.717) is 30.4 Å². The van der Waals surface area contributed by atoms with E-state index in [1.54, 1.807) is 18.2 Å². The van der Waals surface area contributed by atoms with Crippen LogP contribution < -0.4 is 9.47 Å². The summed E-state index contributed by atoms with van der Waals surface area (Å²) in [4.78, 5) is 2.74. The standard InChI is InChI=1S/C10H13N3O2/c1-3-14-8-5-6-10(15-4-2)9(7-8)12-13-11/h5-7H,3-4H2,1-2H3. The van der Waals surface area contributed by atoms with Crippen LogP contribution in [0.5, 0.6) is 11.5 Å². The Hall–Kier alpha value is -1.87. The van der Waals surface area contributed by atoms with Crippen molar-refractivity contribution < 1.29 is 9.47 Å². The zero-order valence-electron chi connectivity index (χ0n) is 8.80. The first-order valence-corrected chi connectivity index (χ1v) is 4.76. The minimum Gasteiger partial charge on any atom is -0.494 e. The molecule has 80 valence electrons. The van der Waals surface area contributed by atoms with Gasteiger partial charge in [-0.1, -0.05) is 5.11 Å². The SMILES string of the molecule is CCOc1ccc(OCC)c(N=[N+]=[N-])c1. The van der Waals surface area contributed by atoms with Crippen molar-refractivity contribution in [3.05, 3.63) is 28.6 Å². The maximum absolute atomic E-state index is 8.40. The van der Waals surface area contributed by atoms with Gasteiger partial charge in [0.15, 0.2) is 0 Å². The molecule has 5 nitrogen and oxygen atoms in total. The maximum Gasteiger partial charge on any atom is 0.129 e. The molecule has 0 radical (unpaired) electrons. The molecular formula is C10H13N3O2. The van der Waals surface area contributed by atoms with Crippen LogP contribution in [0.1, 0.15) is 13.8 Å². The van der Waals surface area contributed by atoms with Gasteiger partial charge < -0.3 is 9.47 Å². The molecule has 0 heterocycles. The molecule has 0 bridgehead atoms. The van der Waals surface area contributed by atoms with E-state index in [0.717, 1.165) is 0 Å². The Morgan fingerprint density at radius 2 is 2.00 bits per heavy atom. The largest absolute Gasteiger partial charge is 0.494 e. The number of azide groups is 1. The molecule has 0 unspecified atom stereocenters. The predicted molar refractivity (Wildman–Crippen MR) is 57.6 cm³/mol. The highest BCUT2D eigenvalue weighted by atomic mass is 16.5. The molecular weight excluding hydrogens is 194 g/mol. The number of ether oxygens (including phenoxy) is 2. The molecule has 1 aromatic carbocycles. The van der Waals surface area contributed by atoms with Crippen LogP contribution >= 0.6 is 0 Å². The zero-order chi connectivity index (χ0) is 11.1. The van der Waals surface area contributed by atoms with Gasteiger partial charge in [-0.25, -0.2) is 0 Å². The van der Waals surface area contributed by atoms with E-state index in [1.165, 1.54) is 0 Å². The lowest BCUT2D eigenvalue weighted by molar-refractivity contribution is 0.331. The number of benzene rings is 1. The lowest BCUT2D eigenvalue weighted by Crippen LogP contribution is -1.94. The summed E-state index contributed by atoms with van der Waals surface area (Å²) in [5, 5.41) is 3.54. The molecule has 0 saturated heterocycles. The summed E-state index contributed by atoms with van der Waals surface area (Å²) in [6.45, 7) is 4.87. The fourth-order valence-corrected chi connectivity index (χ4v) is 1.16. The second-order valence-electron chi connectivity index (χ2n) is 2.68. The summed E-state index contributed by atoms with van der Waals surface area (Å²) in [5.41, 5.74) is 8.84. The first kappa shape index (κ1) is 11.2. The van der Waals surface area contributed by atoms with E-state index < -0.39 is 0 Å². The second-order valence-corrected chi connectivity index (χ2v) is 2.68. The average molecular weight is 207 g/mol. The molecule has 0 fully saturated rings. The Kier molecular flexibility index (Phi) is 4.31. The van der Waals surface area contributed by atoms with E-state index >= 15 is 0 Å². The Balaban J connectivity index is 3.02. The second kappa shape index (κ2) is 5.78. The summed E-state index contributed by atoms with van der Waals surface area (Å²) < 4.78 is 10.6. The lowest BCUT2D eigenvalue weighted by atomic mass is 10.3. The highest BCUT2D eigenvalue weighted by molar-refractivity contribution is 5.55. The van der Waals surface area contributed by atoms with E-state index in [9.17, 15) is 0 Å². The van der Waals surface area contributed by atoms with Crippen molar-refractivity contribution in [2.45, 2.75) is 13.8 Å². The Bertz CT molecular complexity index is 373. The molecule has 0 aromatic heterocycles. The number of hydrogen-bond acceptors (Lipinski definition) is 3. The molecule has 0 atom stereocenters. The van der Waals surface area contributed by atoms with Crippen LogP contribution in [-0.4, -0.2) is 13.2 Å². The van der Waals surface area contributed by atoms with Gasteiger partial charge in [0.1, 0.15) is 11.5 Å². The smallest absolute Gasteiger partial charge is 0.129 e. The average Bonchev–Trinajstić information content (AvgIpc) is 2.23. The first-order chi connectivity index (χ1) is 7.31. The minimum absolute atomic E-state index is 0.449. The van der Waals surface area contributed by atoms with Gasteiger partial charge in [0.2, 0.25) is 0 Å². The molecule has 1 rings (SSSR count). The van der Waals surface area contributed by atoms with Crippen LogP contribution in [0.4, 0.5) is 5.69 Å². The first-order valence-electron chi connectivity index (χ1n) is 4.76. The molecule has 0 saturated carbocycles. The summed E-state index contributed by atoms with van der Waals surface area (Å²) >= 11 is 0. The Morgan fingerprint density at radius 1 is 1.27 bits per heavy atom. The third-order valence-corrected chi connectivity index (χ3v) is 1.69. The van der Waals surface area contributed by atoms with Crippen molar-refractivity contribution in [1.29, 1.82) is 0 Å². The van der Waals surface area contributed by atoms with Crippen molar-refractivity contribution in [2.24, 2.45) is 5.11 Å². The van der Waals surface area contributed by atoms with Crippen LogP contribution in [-0.2, 0) is 0 Å². The zero-order valence-corrected chi connectivity index (χ0v) is 8.80. The lowest BCUT2D eigenvalue weighted by Gasteiger charge is -2.08. The summed E-state index contributed by atoms with van der Waals surface area (Å²) in [6.07, 6.45) is 0. The molecule has 5 heteroatoms. The topological polar surface area (TPSA) is 67.2 Å². The quantitative estimate of drug-likeness (QED) is 0.421. The Morgan fingerprint density at radius 3 is 2.60 bits per heavy atom. The van der Waals surface area contributed by atoms with Gasteiger partial charge in [-0.05, 0) is 37.6 Å². The summed E-state index contributed by atoms with van der Waals surface area (Å²) in [7, 11) is 0. The highest BCUT2D eigenvalue weighted by Gasteiger charge is 2.03. The fourth-order valence-electron chi connectivity index (χ4n) is 1.16. The van der Waals surface area contributed by atoms with E-state index in [-0.39, 0.29) is 0 Å². The van der Waals surface area contributed by atoms with Gasteiger partial charge in [-0.2, -0.15) is 0 Å². The predicted octanol–water partition coefficient (Wildman–Crippen LogP) is 3.43. The normalized spacial score (nSPS) is 9.20. The molecule has 1 aromatic rings. The highest BCUT2D eigenvalue weighted by Crippen LogP contribution is 2.31. The van der Waals surface area contributed by atoms with Gasteiger partial charge in [-0.15, -0.1) is 0 Å². The number of nitrogens with zero attached hydrogens (tertiary/aromatic N) is 3.